The topological polar surface area (TPSA) is 56.9 Å². The van der Waals surface area contributed by atoms with E-state index < -0.39 is 0 Å². The zero-order valence-corrected chi connectivity index (χ0v) is 15.4. The van der Waals surface area contributed by atoms with Crippen LogP contribution in [0.4, 0.5) is 4.39 Å². The molecule has 3 rings (SSSR count). The highest BCUT2D eigenvalue weighted by Gasteiger charge is 2.20. The molecule has 1 aromatic carbocycles. The van der Waals surface area contributed by atoms with Crippen LogP contribution in [0.5, 0.6) is 0 Å². The van der Waals surface area contributed by atoms with Gasteiger partial charge in [0, 0.05) is 45.3 Å². The smallest absolute Gasteiger partial charge is 0.194 e. The highest BCUT2D eigenvalue weighted by molar-refractivity contribution is 5.80. The van der Waals surface area contributed by atoms with Gasteiger partial charge >= 0.3 is 0 Å². The molecule has 0 bridgehead atoms. The van der Waals surface area contributed by atoms with Gasteiger partial charge in [-0.25, -0.2) is 9.38 Å². The number of hydrogen-bond acceptors (Lipinski definition) is 4. The van der Waals surface area contributed by atoms with Crippen LogP contribution in [0.25, 0.3) is 0 Å². The molecular weight excluding hydrogens is 333 g/mol. The second-order valence-corrected chi connectivity index (χ2v) is 6.51. The molecule has 7 heteroatoms. The minimum atomic E-state index is -0.173. The summed E-state index contributed by atoms with van der Waals surface area (Å²) in [7, 11) is 0. The first-order chi connectivity index (χ1) is 12.7. The zero-order valence-electron chi connectivity index (χ0n) is 15.4. The Hall–Kier alpha value is -2.41. The number of piperazine rings is 1. The van der Waals surface area contributed by atoms with Crippen molar-refractivity contribution in [2.24, 2.45) is 4.99 Å². The van der Waals surface area contributed by atoms with Crippen molar-refractivity contribution in [3.05, 3.63) is 53.2 Å². The molecule has 1 aliphatic rings. The van der Waals surface area contributed by atoms with Crippen LogP contribution in [-0.2, 0) is 13.1 Å². The van der Waals surface area contributed by atoms with Gasteiger partial charge in [0.1, 0.15) is 12.1 Å². The van der Waals surface area contributed by atoms with Crippen LogP contribution < -0.4 is 5.32 Å². The molecule has 2 heterocycles. The van der Waals surface area contributed by atoms with Crippen LogP contribution >= 0.6 is 0 Å². The van der Waals surface area contributed by atoms with Crippen molar-refractivity contribution in [3.63, 3.8) is 0 Å². The van der Waals surface area contributed by atoms with Crippen molar-refractivity contribution in [3.8, 4) is 0 Å². The van der Waals surface area contributed by atoms with E-state index in [9.17, 15) is 4.39 Å². The van der Waals surface area contributed by atoms with Crippen LogP contribution in [0.15, 0.2) is 40.0 Å². The molecule has 0 radical (unpaired) electrons. The predicted molar refractivity (Wildman–Crippen MR) is 99.3 cm³/mol. The third kappa shape index (κ3) is 4.82. The van der Waals surface area contributed by atoms with Gasteiger partial charge in [0.15, 0.2) is 5.96 Å². The van der Waals surface area contributed by atoms with Crippen molar-refractivity contribution < 1.29 is 8.91 Å². The summed E-state index contributed by atoms with van der Waals surface area (Å²) in [5.74, 6) is 0.739. The van der Waals surface area contributed by atoms with Crippen LogP contribution in [0, 0.1) is 12.7 Å². The van der Waals surface area contributed by atoms with Crippen molar-refractivity contribution in [1.82, 2.24) is 20.3 Å². The lowest BCUT2D eigenvalue weighted by Crippen LogP contribution is -2.52. The van der Waals surface area contributed by atoms with E-state index in [2.05, 4.69) is 27.2 Å². The Bertz CT molecular complexity index is 724. The molecule has 1 saturated heterocycles. The fourth-order valence-electron chi connectivity index (χ4n) is 3.06. The Morgan fingerprint density at radius 3 is 2.73 bits per heavy atom. The van der Waals surface area contributed by atoms with Crippen LogP contribution in [0.3, 0.4) is 0 Å². The molecule has 140 valence electrons. The summed E-state index contributed by atoms with van der Waals surface area (Å²) in [6.07, 6.45) is 1.61. The molecule has 0 atom stereocenters. The van der Waals surface area contributed by atoms with Gasteiger partial charge in [-0.1, -0.05) is 17.3 Å². The summed E-state index contributed by atoms with van der Waals surface area (Å²) in [4.78, 5) is 9.38. The highest BCUT2D eigenvalue weighted by atomic mass is 19.1. The number of aryl methyl sites for hydroxylation is 1. The van der Waals surface area contributed by atoms with Crippen LogP contribution in [-0.4, -0.2) is 53.6 Å². The van der Waals surface area contributed by atoms with Crippen molar-refractivity contribution >= 4 is 5.96 Å². The average molecular weight is 359 g/mol. The highest BCUT2D eigenvalue weighted by Crippen LogP contribution is 2.11. The van der Waals surface area contributed by atoms with Crippen molar-refractivity contribution in [2.45, 2.75) is 26.9 Å². The van der Waals surface area contributed by atoms with Crippen molar-refractivity contribution in [1.29, 1.82) is 0 Å². The number of benzene rings is 1. The largest absolute Gasteiger partial charge is 0.364 e. The SMILES string of the molecule is CCNC(=NCc1ccc(F)c(C)c1)N1CCN(Cc2ccon2)CC1. The van der Waals surface area contributed by atoms with E-state index in [0.717, 1.165) is 56.5 Å². The number of aromatic nitrogens is 1. The quantitative estimate of drug-likeness (QED) is 0.656. The molecule has 2 aromatic rings. The number of nitrogens with zero attached hydrogens (tertiary/aromatic N) is 4. The average Bonchev–Trinajstić information content (AvgIpc) is 3.15. The van der Waals surface area contributed by atoms with Gasteiger partial charge in [0.25, 0.3) is 0 Å². The van der Waals surface area contributed by atoms with E-state index in [-0.39, 0.29) is 5.82 Å². The summed E-state index contributed by atoms with van der Waals surface area (Å²) in [5, 5.41) is 7.34. The molecule has 1 fully saturated rings. The lowest BCUT2D eigenvalue weighted by atomic mass is 10.1. The summed E-state index contributed by atoms with van der Waals surface area (Å²) in [6.45, 7) is 9.74. The van der Waals surface area contributed by atoms with Crippen LogP contribution in [0.1, 0.15) is 23.7 Å². The van der Waals surface area contributed by atoms with E-state index >= 15 is 0 Å². The fourth-order valence-corrected chi connectivity index (χ4v) is 3.06. The predicted octanol–water partition coefficient (Wildman–Crippen LogP) is 2.41. The maximum atomic E-state index is 13.4. The molecule has 6 nitrogen and oxygen atoms in total. The van der Waals surface area contributed by atoms with E-state index in [1.165, 1.54) is 6.07 Å². The normalized spacial score (nSPS) is 16.1. The first-order valence-electron chi connectivity index (χ1n) is 9.05. The molecular formula is C19H26FN5O. The Balaban J connectivity index is 1.58. The van der Waals surface area contributed by atoms with E-state index in [0.29, 0.717) is 12.1 Å². The Morgan fingerprint density at radius 1 is 1.27 bits per heavy atom. The molecule has 0 spiro atoms. The standard InChI is InChI=1S/C19H26FN5O/c1-3-21-19(22-13-16-4-5-18(20)15(2)12-16)25-9-7-24(8-10-25)14-17-6-11-26-23-17/h4-6,11-12H,3,7-10,13-14H2,1-2H3,(H,21,22). The lowest BCUT2D eigenvalue weighted by Gasteiger charge is -2.36. The van der Waals surface area contributed by atoms with Gasteiger partial charge in [0.05, 0.1) is 12.2 Å². The maximum absolute atomic E-state index is 13.4. The van der Waals surface area contributed by atoms with Gasteiger partial charge in [-0.2, -0.15) is 0 Å². The summed E-state index contributed by atoms with van der Waals surface area (Å²) >= 11 is 0. The van der Waals surface area contributed by atoms with Gasteiger partial charge in [-0.05, 0) is 31.0 Å². The fraction of sp³-hybridized carbons (Fsp3) is 0.474. The maximum Gasteiger partial charge on any atom is 0.194 e. The van der Waals surface area contributed by atoms with Crippen molar-refractivity contribution in [2.75, 3.05) is 32.7 Å². The summed E-state index contributed by atoms with van der Waals surface area (Å²) < 4.78 is 18.3. The minimum absolute atomic E-state index is 0.173. The second-order valence-electron chi connectivity index (χ2n) is 6.51. The Kier molecular flexibility index (Phi) is 6.22. The number of guanidine groups is 1. The molecule has 0 amide bonds. The second kappa shape index (κ2) is 8.80. The van der Waals surface area contributed by atoms with Crippen LogP contribution in [0.2, 0.25) is 0 Å². The first-order valence-corrected chi connectivity index (χ1v) is 9.05. The summed E-state index contributed by atoms with van der Waals surface area (Å²) in [5.41, 5.74) is 2.64. The third-order valence-corrected chi connectivity index (χ3v) is 4.52. The molecule has 0 saturated carbocycles. The van der Waals surface area contributed by atoms with E-state index in [1.807, 2.05) is 12.1 Å². The third-order valence-electron chi connectivity index (χ3n) is 4.52. The Morgan fingerprint density at radius 2 is 2.08 bits per heavy atom. The van der Waals surface area contributed by atoms with Gasteiger partial charge in [-0.3, -0.25) is 4.90 Å². The number of hydrogen-bond donors (Lipinski definition) is 1. The van der Waals surface area contributed by atoms with Gasteiger partial charge in [0.2, 0.25) is 0 Å². The molecule has 1 aromatic heterocycles. The molecule has 26 heavy (non-hydrogen) atoms. The molecule has 0 unspecified atom stereocenters. The van der Waals surface area contributed by atoms with E-state index in [4.69, 9.17) is 9.52 Å². The number of nitrogens with one attached hydrogen (secondary N) is 1. The minimum Gasteiger partial charge on any atom is -0.364 e. The number of aliphatic imine (C=N–C) groups is 1. The molecule has 1 N–H and O–H groups in total. The molecule has 1 aliphatic heterocycles. The zero-order chi connectivity index (χ0) is 18.4. The van der Waals surface area contributed by atoms with Gasteiger partial charge < -0.3 is 14.7 Å². The first kappa shape index (κ1) is 18.4. The summed E-state index contributed by atoms with van der Waals surface area (Å²) in [6, 6.07) is 7.07. The monoisotopic (exact) mass is 359 g/mol. The molecule has 0 aliphatic carbocycles. The van der Waals surface area contributed by atoms with E-state index in [1.54, 1.807) is 19.3 Å². The lowest BCUT2D eigenvalue weighted by molar-refractivity contribution is 0.169. The number of halogens is 1. The number of rotatable bonds is 5. The van der Waals surface area contributed by atoms with Gasteiger partial charge in [-0.15, -0.1) is 0 Å². The Labute approximate surface area is 153 Å².